The van der Waals surface area contributed by atoms with E-state index in [1.54, 1.807) is 63.2 Å². The molecule has 0 radical (unpaired) electrons. The highest BCUT2D eigenvalue weighted by Gasteiger charge is 2.52. The molecule has 2 amide bonds. The van der Waals surface area contributed by atoms with E-state index in [1.165, 1.54) is 12.0 Å². The van der Waals surface area contributed by atoms with Crippen LogP contribution in [0.1, 0.15) is 36.7 Å². The number of carbonyl (C=O) groups is 3. The fourth-order valence-electron chi connectivity index (χ4n) is 3.31. The van der Waals surface area contributed by atoms with E-state index >= 15 is 0 Å². The summed E-state index contributed by atoms with van der Waals surface area (Å²) in [6, 6.07) is 5.00. The predicted molar refractivity (Wildman–Crippen MR) is 94.9 cm³/mol. The van der Waals surface area contributed by atoms with Crippen molar-refractivity contribution in [1.82, 2.24) is 4.90 Å². The molecule has 138 valence electrons. The minimum atomic E-state index is -1.02. The second kappa shape index (κ2) is 5.86. The fourth-order valence-corrected chi connectivity index (χ4v) is 3.31. The van der Waals surface area contributed by atoms with Crippen LogP contribution in [0.4, 0.5) is 10.5 Å². The summed E-state index contributed by atoms with van der Waals surface area (Å²) < 4.78 is 10.2. The normalized spacial score (nSPS) is 21.3. The van der Waals surface area contributed by atoms with Gasteiger partial charge in [0.25, 0.3) is 0 Å². The molecule has 0 N–H and O–H groups in total. The number of methoxy groups -OCH3 is 1. The van der Waals surface area contributed by atoms with E-state index < -0.39 is 23.1 Å². The summed E-state index contributed by atoms with van der Waals surface area (Å²) in [4.78, 5) is 40.2. The van der Waals surface area contributed by atoms with Gasteiger partial charge in [0.1, 0.15) is 11.0 Å². The summed E-state index contributed by atoms with van der Waals surface area (Å²) in [5.74, 6) is -0.632. The zero-order chi connectivity index (χ0) is 19.3. The summed E-state index contributed by atoms with van der Waals surface area (Å²) in [5, 5.41) is 0. The Balaban J connectivity index is 1.97. The minimum absolute atomic E-state index is 0.128. The maximum atomic E-state index is 13.0. The summed E-state index contributed by atoms with van der Waals surface area (Å²) in [6.07, 6.45) is 2.75. The number of anilines is 1. The van der Waals surface area contributed by atoms with Gasteiger partial charge in [0, 0.05) is 18.9 Å². The molecule has 0 aromatic heterocycles. The Labute approximate surface area is 152 Å². The first-order valence-corrected chi connectivity index (χ1v) is 8.29. The summed E-state index contributed by atoms with van der Waals surface area (Å²) in [5.41, 5.74) is 0.0874. The number of likely N-dealkylation sites (N-methyl/N-ethyl adjacent to an activating group) is 1. The molecule has 1 aromatic carbocycles. The number of carbonyl (C=O) groups excluding carboxylic acids is 3. The first-order chi connectivity index (χ1) is 12.1. The van der Waals surface area contributed by atoms with Gasteiger partial charge in [-0.05, 0) is 50.6 Å². The lowest BCUT2D eigenvalue weighted by Crippen LogP contribution is -2.43. The zero-order valence-electron chi connectivity index (χ0n) is 15.5. The second-order valence-corrected chi connectivity index (χ2v) is 7.48. The van der Waals surface area contributed by atoms with Gasteiger partial charge in [-0.25, -0.2) is 9.59 Å². The van der Waals surface area contributed by atoms with Gasteiger partial charge in [-0.3, -0.25) is 9.69 Å². The second-order valence-electron chi connectivity index (χ2n) is 7.48. The van der Waals surface area contributed by atoms with E-state index in [1.807, 2.05) is 0 Å². The number of fused-ring (bicyclic) bond motifs is 2. The number of ether oxygens (including phenoxy) is 2. The molecular formula is C19H22N2O5. The Morgan fingerprint density at radius 3 is 2.54 bits per heavy atom. The lowest BCUT2D eigenvalue weighted by molar-refractivity contribution is -0.121. The van der Waals surface area contributed by atoms with E-state index in [0.29, 0.717) is 16.8 Å². The van der Waals surface area contributed by atoms with E-state index in [9.17, 15) is 14.4 Å². The van der Waals surface area contributed by atoms with Crippen molar-refractivity contribution in [2.45, 2.75) is 31.8 Å². The van der Waals surface area contributed by atoms with Crippen molar-refractivity contribution >= 4 is 23.7 Å². The Hall–Kier alpha value is -2.83. The molecule has 0 fully saturated rings. The molecule has 1 spiro atoms. The van der Waals surface area contributed by atoms with Crippen molar-refractivity contribution < 1.29 is 23.9 Å². The number of nitrogens with zero attached hydrogens (tertiary/aromatic N) is 2. The fraction of sp³-hybridized carbons (Fsp3) is 0.421. The molecule has 7 heteroatoms. The zero-order valence-corrected chi connectivity index (χ0v) is 15.5. The third-order valence-electron chi connectivity index (χ3n) is 4.53. The van der Waals surface area contributed by atoms with Crippen molar-refractivity contribution in [1.29, 1.82) is 0 Å². The van der Waals surface area contributed by atoms with Crippen LogP contribution in [0.2, 0.25) is 0 Å². The van der Waals surface area contributed by atoms with Crippen molar-refractivity contribution in [2.75, 3.05) is 25.6 Å². The smallest absolute Gasteiger partial charge is 0.414 e. The Kier molecular flexibility index (Phi) is 4.05. The van der Waals surface area contributed by atoms with Crippen LogP contribution >= 0.6 is 0 Å². The van der Waals surface area contributed by atoms with E-state index in [-0.39, 0.29) is 12.5 Å². The Morgan fingerprint density at radius 2 is 1.92 bits per heavy atom. The van der Waals surface area contributed by atoms with Gasteiger partial charge in [-0.1, -0.05) is 0 Å². The topological polar surface area (TPSA) is 76.1 Å². The number of esters is 1. The first kappa shape index (κ1) is 18.0. The molecule has 26 heavy (non-hydrogen) atoms. The number of rotatable bonds is 1. The molecule has 2 aliphatic heterocycles. The summed E-state index contributed by atoms with van der Waals surface area (Å²) in [7, 11) is 2.99. The van der Waals surface area contributed by atoms with E-state index in [0.717, 1.165) is 0 Å². The molecule has 0 saturated heterocycles. The minimum Gasteiger partial charge on any atom is -0.465 e. The average molecular weight is 358 g/mol. The highest BCUT2D eigenvalue weighted by atomic mass is 16.6. The average Bonchev–Trinajstić information content (AvgIpc) is 3.11. The molecular weight excluding hydrogens is 336 g/mol. The van der Waals surface area contributed by atoms with Crippen molar-refractivity contribution in [3.63, 3.8) is 0 Å². The molecule has 1 unspecified atom stereocenters. The Morgan fingerprint density at radius 1 is 1.23 bits per heavy atom. The quantitative estimate of drug-likeness (QED) is 0.721. The van der Waals surface area contributed by atoms with Crippen LogP contribution in [0.3, 0.4) is 0 Å². The molecule has 1 atom stereocenters. The maximum Gasteiger partial charge on any atom is 0.414 e. The number of hydrogen-bond acceptors (Lipinski definition) is 5. The van der Waals surface area contributed by atoms with Crippen LogP contribution in [0.25, 0.3) is 0 Å². The summed E-state index contributed by atoms with van der Waals surface area (Å²) >= 11 is 0. The first-order valence-electron chi connectivity index (χ1n) is 8.29. The molecule has 2 heterocycles. The molecule has 7 nitrogen and oxygen atoms in total. The third kappa shape index (κ3) is 2.73. The van der Waals surface area contributed by atoms with E-state index in [4.69, 9.17) is 9.47 Å². The van der Waals surface area contributed by atoms with Crippen LogP contribution < -0.4 is 4.90 Å². The number of benzene rings is 1. The van der Waals surface area contributed by atoms with Crippen molar-refractivity contribution in [2.24, 2.45) is 0 Å². The van der Waals surface area contributed by atoms with Crippen LogP contribution in [0, 0.1) is 0 Å². The van der Waals surface area contributed by atoms with Crippen molar-refractivity contribution in [3.05, 3.63) is 41.6 Å². The van der Waals surface area contributed by atoms with Gasteiger partial charge in [-0.2, -0.15) is 0 Å². The van der Waals surface area contributed by atoms with Crippen molar-refractivity contribution in [3.8, 4) is 0 Å². The highest BCUT2D eigenvalue weighted by Crippen LogP contribution is 2.45. The van der Waals surface area contributed by atoms with Crippen LogP contribution in [0.5, 0.6) is 0 Å². The van der Waals surface area contributed by atoms with Gasteiger partial charge in [0.15, 0.2) is 0 Å². The molecule has 1 aromatic rings. The van der Waals surface area contributed by atoms with Gasteiger partial charge >= 0.3 is 12.1 Å². The van der Waals surface area contributed by atoms with Gasteiger partial charge in [0.2, 0.25) is 5.91 Å². The standard InChI is InChI=1S/C19H22N2O5/c1-18(2,3)26-17(24)21-9-8-19(11-21)13-10-12(15(22)25-5)6-7-14(13)20(4)16(19)23/h6-10H,11H2,1-5H3. The maximum absolute atomic E-state index is 13.0. The molecule has 0 bridgehead atoms. The number of amides is 2. The molecule has 0 saturated carbocycles. The molecule has 3 rings (SSSR count). The van der Waals surface area contributed by atoms with Crippen LogP contribution in [-0.4, -0.2) is 49.2 Å². The van der Waals surface area contributed by atoms with Gasteiger partial charge in [-0.15, -0.1) is 0 Å². The summed E-state index contributed by atoms with van der Waals surface area (Å²) in [6.45, 7) is 5.48. The SMILES string of the molecule is COC(=O)c1ccc2c(c1)C1(C=CN(C(=O)OC(C)(C)C)C1)C(=O)N2C. The lowest BCUT2D eigenvalue weighted by atomic mass is 9.82. The lowest BCUT2D eigenvalue weighted by Gasteiger charge is -2.26. The van der Waals surface area contributed by atoms with Gasteiger partial charge < -0.3 is 14.4 Å². The predicted octanol–water partition coefficient (Wildman–Crippen LogP) is 2.45. The Bertz CT molecular complexity index is 824. The van der Waals surface area contributed by atoms with E-state index in [2.05, 4.69) is 0 Å². The van der Waals surface area contributed by atoms with Crippen LogP contribution in [-0.2, 0) is 19.7 Å². The van der Waals surface area contributed by atoms with Gasteiger partial charge in [0.05, 0.1) is 19.2 Å². The monoisotopic (exact) mass is 358 g/mol. The third-order valence-corrected chi connectivity index (χ3v) is 4.53. The highest BCUT2D eigenvalue weighted by molar-refractivity contribution is 6.10. The molecule has 2 aliphatic rings. The number of hydrogen-bond donors (Lipinski definition) is 0. The largest absolute Gasteiger partial charge is 0.465 e. The molecule has 0 aliphatic carbocycles. The van der Waals surface area contributed by atoms with Crippen LogP contribution in [0.15, 0.2) is 30.5 Å².